The maximum atomic E-state index is 5.03. The molecular formula is C15H16N4O. The summed E-state index contributed by atoms with van der Waals surface area (Å²) < 4.78 is 7.13. The number of nitrogens with zero attached hydrogens (tertiary/aromatic N) is 4. The van der Waals surface area contributed by atoms with E-state index in [1.807, 2.05) is 0 Å². The molecule has 0 bridgehead atoms. The van der Waals surface area contributed by atoms with E-state index in [2.05, 4.69) is 50.9 Å². The van der Waals surface area contributed by atoms with Crippen molar-refractivity contribution in [2.45, 2.75) is 26.4 Å². The van der Waals surface area contributed by atoms with E-state index in [9.17, 15) is 0 Å². The van der Waals surface area contributed by atoms with Gasteiger partial charge < -0.3 is 8.92 Å². The van der Waals surface area contributed by atoms with Crippen LogP contribution >= 0.6 is 0 Å². The Morgan fingerprint density at radius 1 is 1.30 bits per heavy atom. The molecule has 0 saturated carbocycles. The Morgan fingerprint density at radius 3 is 3.20 bits per heavy atom. The van der Waals surface area contributed by atoms with Crippen molar-refractivity contribution in [1.29, 1.82) is 0 Å². The van der Waals surface area contributed by atoms with Crippen LogP contribution < -0.4 is 0 Å². The minimum absolute atomic E-state index is 0.866. The van der Waals surface area contributed by atoms with Crippen LogP contribution in [0.4, 0.5) is 0 Å². The first-order valence-corrected chi connectivity index (χ1v) is 6.87. The molecule has 5 nitrogen and oxygen atoms in total. The minimum Gasteiger partial charge on any atom is -0.364 e. The van der Waals surface area contributed by atoms with Gasteiger partial charge in [-0.25, -0.2) is 4.98 Å². The highest BCUT2D eigenvalue weighted by Gasteiger charge is 2.20. The lowest BCUT2D eigenvalue weighted by molar-refractivity contribution is 0.242. The summed E-state index contributed by atoms with van der Waals surface area (Å²) in [6.45, 7) is 4.86. The molecule has 0 N–H and O–H groups in total. The number of hydrogen-bond donors (Lipinski definition) is 0. The first-order chi connectivity index (χ1) is 9.78. The van der Waals surface area contributed by atoms with Gasteiger partial charge in [0, 0.05) is 44.0 Å². The number of rotatable bonds is 2. The fourth-order valence-corrected chi connectivity index (χ4v) is 2.79. The summed E-state index contributed by atoms with van der Waals surface area (Å²) in [6.07, 6.45) is 6.94. The van der Waals surface area contributed by atoms with Crippen LogP contribution in [0.2, 0.25) is 0 Å². The van der Waals surface area contributed by atoms with Crippen LogP contribution in [0.1, 0.15) is 22.5 Å². The Labute approximate surface area is 116 Å². The highest BCUT2D eigenvalue weighted by molar-refractivity contribution is 5.41. The van der Waals surface area contributed by atoms with Crippen LogP contribution in [0.15, 0.2) is 35.3 Å². The molecule has 0 saturated heterocycles. The number of pyridine rings is 1. The molecule has 3 aromatic rings. The van der Waals surface area contributed by atoms with Crippen molar-refractivity contribution in [3.8, 4) is 0 Å². The second-order valence-corrected chi connectivity index (χ2v) is 5.45. The van der Waals surface area contributed by atoms with E-state index >= 15 is 0 Å². The summed E-state index contributed by atoms with van der Waals surface area (Å²) in [5, 5.41) is 4.02. The summed E-state index contributed by atoms with van der Waals surface area (Å²) >= 11 is 0. The van der Waals surface area contributed by atoms with Crippen molar-refractivity contribution in [3.63, 3.8) is 0 Å². The van der Waals surface area contributed by atoms with Crippen LogP contribution in [0.25, 0.3) is 5.65 Å². The minimum atomic E-state index is 0.866. The van der Waals surface area contributed by atoms with Gasteiger partial charge in [0.15, 0.2) is 0 Å². The zero-order valence-corrected chi connectivity index (χ0v) is 11.4. The normalized spacial score (nSPS) is 15.7. The molecule has 0 radical (unpaired) electrons. The molecule has 20 heavy (non-hydrogen) atoms. The third-order valence-electron chi connectivity index (χ3n) is 3.82. The van der Waals surface area contributed by atoms with E-state index < -0.39 is 0 Å². The van der Waals surface area contributed by atoms with Gasteiger partial charge in [-0.2, -0.15) is 0 Å². The van der Waals surface area contributed by atoms with E-state index in [1.54, 1.807) is 6.26 Å². The second-order valence-electron chi connectivity index (χ2n) is 5.45. The molecule has 5 heteroatoms. The molecule has 3 aromatic heterocycles. The fraction of sp³-hybridized carbons (Fsp3) is 0.333. The van der Waals surface area contributed by atoms with Crippen LogP contribution in [0.3, 0.4) is 0 Å². The third kappa shape index (κ3) is 2.00. The van der Waals surface area contributed by atoms with Gasteiger partial charge in [-0.1, -0.05) is 11.2 Å². The van der Waals surface area contributed by atoms with E-state index in [1.165, 1.54) is 11.1 Å². The molecule has 0 aromatic carbocycles. The molecule has 0 amide bonds. The van der Waals surface area contributed by atoms with E-state index in [0.717, 1.165) is 43.1 Å². The topological polar surface area (TPSA) is 46.6 Å². The van der Waals surface area contributed by atoms with Crippen molar-refractivity contribution >= 4 is 5.65 Å². The van der Waals surface area contributed by atoms with E-state index in [-0.39, 0.29) is 0 Å². The van der Waals surface area contributed by atoms with Crippen molar-refractivity contribution in [2.75, 3.05) is 6.54 Å². The maximum absolute atomic E-state index is 5.03. The van der Waals surface area contributed by atoms with Gasteiger partial charge in [0.1, 0.15) is 11.9 Å². The van der Waals surface area contributed by atoms with Crippen LogP contribution in [-0.4, -0.2) is 26.0 Å². The van der Waals surface area contributed by atoms with Crippen molar-refractivity contribution in [1.82, 2.24) is 19.4 Å². The number of hydrogen-bond acceptors (Lipinski definition) is 4. The molecule has 0 unspecified atom stereocenters. The number of imidazole rings is 1. The zero-order valence-electron chi connectivity index (χ0n) is 11.4. The highest BCUT2D eigenvalue weighted by atomic mass is 16.5. The average Bonchev–Trinajstić information content (AvgIpc) is 3.03. The molecule has 1 aliphatic heterocycles. The van der Waals surface area contributed by atoms with Crippen molar-refractivity contribution in [2.24, 2.45) is 0 Å². The van der Waals surface area contributed by atoms with Gasteiger partial charge in [0.25, 0.3) is 0 Å². The number of aromatic nitrogens is 3. The Bertz CT molecular complexity index is 758. The van der Waals surface area contributed by atoms with Crippen molar-refractivity contribution < 1.29 is 4.52 Å². The quantitative estimate of drug-likeness (QED) is 0.714. The lowest BCUT2D eigenvalue weighted by Crippen LogP contribution is -2.29. The van der Waals surface area contributed by atoms with Gasteiger partial charge in [-0.3, -0.25) is 4.90 Å². The number of fused-ring (bicyclic) bond motifs is 2. The molecule has 4 rings (SSSR count). The fourth-order valence-electron chi connectivity index (χ4n) is 2.79. The number of aryl methyl sites for hydroxylation is 1. The van der Waals surface area contributed by atoms with Gasteiger partial charge in [-0.15, -0.1) is 0 Å². The Balaban J connectivity index is 1.56. The highest BCUT2D eigenvalue weighted by Crippen LogP contribution is 2.19. The standard InChI is InChI=1S/C15H16N4O/c1-11-2-3-15-16-13(9-19(15)6-11)8-18-5-4-14-12(7-18)10-20-17-14/h2-3,6,9-10H,4-5,7-8H2,1H3. The molecule has 0 spiro atoms. The summed E-state index contributed by atoms with van der Waals surface area (Å²) in [5.41, 5.74) is 5.67. The predicted octanol–water partition coefficient (Wildman–Crippen LogP) is 2.19. The van der Waals surface area contributed by atoms with E-state index in [0.29, 0.717) is 0 Å². The SMILES string of the molecule is Cc1ccc2nc(CN3CCc4nocc4C3)cn2c1. The average molecular weight is 268 g/mol. The first-order valence-electron chi connectivity index (χ1n) is 6.87. The lowest BCUT2D eigenvalue weighted by atomic mass is 10.1. The molecule has 0 fully saturated rings. The van der Waals surface area contributed by atoms with E-state index in [4.69, 9.17) is 4.52 Å². The van der Waals surface area contributed by atoms with Gasteiger partial charge in [0.2, 0.25) is 0 Å². The Morgan fingerprint density at radius 2 is 2.25 bits per heavy atom. The zero-order chi connectivity index (χ0) is 13.5. The van der Waals surface area contributed by atoms with Gasteiger partial charge in [-0.05, 0) is 18.6 Å². The maximum Gasteiger partial charge on any atom is 0.137 e. The first kappa shape index (κ1) is 11.7. The largest absolute Gasteiger partial charge is 0.364 e. The smallest absolute Gasteiger partial charge is 0.137 e. The second kappa shape index (κ2) is 4.45. The molecule has 0 atom stereocenters. The molecule has 1 aliphatic rings. The predicted molar refractivity (Wildman–Crippen MR) is 74.3 cm³/mol. The lowest BCUT2D eigenvalue weighted by Gasteiger charge is -2.24. The summed E-state index contributed by atoms with van der Waals surface area (Å²) in [4.78, 5) is 7.06. The van der Waals surface area contributed by atoms with Gasteiger partial charge >= 0.3 is 0 Å². The third-order valence-corrected chi connectivity index (χ3v) is 3.82. The molecule has 102 valence electrons. The van der Waals surface area contributed by atoms with Crippen LogP contribution in [-0.2, 0) is 19.5 Å². The summed E-state index contributed by atoms with van der Waals surface area (Å²) in [7, 11) is 0. The van der Waals surface area contributed by atoms with Gasteiger partial charge in [0.05, 0.1) is 11.4 Å². The van der Waals surface area contributed by atoms with Crippen molar-refractivity contribution in [3.05, 3.63) is 53.3 Å². The molecule has 4 heterocycles. The summed E-state index contributed by atoms with van der Waals surface area (Å²) in [6, 6.07) is 4.16. The molecule has 0 aliphatic carbocycles. The Kier molecular flexibility index (Phi) is 2.60. The van der Waals surface area contributed by atoms with Crippen LogP contribution in [0, 0.1) is 6.92 Å². The van der Waals surface area contributed by atoms with Crippen LogP contribution in [0.5, 0.6) is 0 Å². The Hall–Kier alpha value is -2.14. The monoisotopic (exact) mass is 268 g/mol. The molecular weight excluding hydrogens is 252 g/mol. The summed E-state index contributed by atoms with van der Waals surface area (Å²) in [5.74, 6) is 0.